The summed E-state index contributed by atoms with van der Waals surface area (Å²) in [4.78, 5) is 21.6. The zero-order valence-electron chi connectivity index (χ0n) is 9.52. The summed E-state index contributed by atoms with van der Waals surface area (Å²) in [7, 11) is 0. The van der Waals surface area contributed by atoms with Crippen LogP contribution in [0, 0.1) is 3.57 Å². The second-order valence-corrected chi connectivity index (χ2v) is 4.54. The van der Waals surface area contributed by atoms with E-state index < -0.39 is 6.09 Å². The molecule has 0 aliphatic rings. The highest BCUT2D eigenvalue weighted by molar-refractivity contribution is 14.1. The molecule has 2 amide bonds. The minimum absolute atomic E-state index is 0.192. The number of hydrogen-bond donors (Lipinski definition) is 3. The van der Waals surface area contributed by atoms with E-state index in [0.717, 1.165) is 9.13 Å². The highest BCUT2D eigenvalue weighted by Gasteiger charge is 1.97. The predicted molar refractivity (Wildman–Crippen MR) is 77.2 cm³/mol. The third kappa shape index (κ3) is 5.67. The number of nitrogens with one attached hydrogen (secondary N) is 2. The Morgan fingerprint density at radius 1 is 1.22 bits per heavy atom. The molecule has 0 unspecified atom stereocenters. The van der Waals surface area contributed by atoms with Crippen molar-refractivity contribution in [2.45, 2.75) is 0 Å². The van der Waals surface area contributed by atoms with Gasteiger partial charge in [-0.3, -0.25) is 4.79 Å². The van der Waals surface area contributed by atoms with E-state index in [-0.39, 0.29) is 19.0 Å². The van der Waals surface area contributed by atoms with Crippen LogP contribution in [0.3, 0.4) is 0 Å². The fourth-order valence-electron chi connectivity index (χ4n) is 1.19. The highest BCUT2D eigenvalue weighted by Crippen LogP contribution is 2.12. The van der Waals surface area contributed by atoms with Crippen LogP contribution in [-0.4, -0.2) is 30.2 Å². The highest BCUT2D eigenvalue weighted by atomic mass is 127. The van der Waals surface area contributed by atoms with Gasteiger partial charge in [0.1, 0.15) is 0 Å². The molecule has 0 atom stereocenters. The Balaban J connectivity index is 2.36. The van der Waals surface area contributed by atoms with Gasteiger partial charge in [0, 0.05) is 22.7 Å². The Hall–Kier alpha value is -1.57. The molecular formula is C12H13IN2O3. The van der Waals surface area contributed by atoms with E-state index in [9.17, 15) is 9.59 Å². The molecule has 0 aliphatic heterocycles. The van der Waals surface area contributed by atoms with Gasteiger partial charge < -0.3 is 15.7 Å². The van der Waals surface area contributed by atoms with E-state index in [1.54, 1.807) is 6.08 Å². The monoisotopic (exact) mass is 360 g/mol. The number of carbonyl (C=O) groups excluding carboxylic acids is 1. The minimum Gasteiger partial charge on any atom is -0.465 e. The molecule has 1 aromatic carbocycles. The molecule has 0 heterocycles. The molecule has 0 saturated carbocycles. The van der Waals surface area contributed by atoms with Crippen LogP contribution in [0.1, 0.15) is 5.56 Å². The van der Waals surface area contributed by atoms with Gasteiger partial charge in [0.2, 0.25) is 5.91 Å². The first-order valence-electron chi connectivity index (χ1n) is 5.27. The van der Waals surface area contributed by atoms with Gasteiger partial charge in [0.05, 0.1) is 0 Å². The number of rotatable bonds is 5. The van der Waals surface area contributed by atoms with Crippen LogP contribution in [0.2, 0.25) is 0 Å². The number of benzene rings is 1. The molecule has 0 radical (unpaired) electrons. The number of halogens is 1. The van der Waals surface area contributed by atoms with Gasteiger partial charge in [-0.25, -0.2) is 4.79 Å². The van der Waals surface area contributed by atoms with Crippen LogP contribution >= 0.6 is 22.6 Å². The average Bonchev–Trinajstić information content (AvgIpc) is 2.33. The SMILES string of the molecule is O=C(O)NCCNC(=O)/C=C/c1ccccc1I. The third-order valence-corrected chi connectivity index (χ3v) is 3.00. The van der Waals surface area contributed by atoms with Crippen molar-refractivity contribution in [3.05, 3.63) is 39.5 Å². The van der Waals surface area contributed by atoms with Crippen LogP contribution in [-0.2, 0) is 4.79 Å². The van der Waals surface area contributed by atoms with E-state index in [1.165, 1.54) is 6.08 Å². The van der Waals surface area contributed by atoms with Gasteiger partial charge in [0.15, 0.2) is 0 Å². The molecule has 5 nitrogen and oxygen atoms in total. The summed E-state index contributed by atoms with van der Waals surface area (Å²) in [6.45, 7) is 0.457. The van der Waals surface area contributed by atoms with Gasteiger partial charge in [-0.1, -0.05) is 18.2 Å². The molecule has 0 aliphatic carbocycles. The molecule has 0 fully saturated rings. The van der Waals surface area contributed by atoms with E-state index in [4.69, 9.17) is 5.11 Å². The molecule has 0 aromatic heterocycles. The Morgan fingerprint density at radius 3 is 2.56 bits per heavy atom. The normalized spacial score (nSPS) is 10.3. The summed E-state index contributed by atoms with van der Waals surface area (Å²) >= 11 is 2.19. The van der Waals surface area contributed by atoms with Crippen LogP contribution in [0.25, 0.3) is 6.08 Å². The predicted octanol–water partition coefficient (Wildman–Crippen LogP) is 1.69. The summed E-state index contributed by atoms with van der Waals surface area (Å²) in [5.74, 6) is -0.248. The van der Waals surface area contributed by atoms with Crippen molar-refractivity contribution in [2.24, 2.45) is 0 Å². The number of hydrogen-bond acceptors (Lipinski definition) is 2. The molecule has 0 bridgehead atoms. The Labute approximate surface area is 118 Å². The molecule has 6 heteroatoms. The zero-order chi connectivity index (χ0) is 13.4. The van der Waals surface area contributed by atoms with Crippen molar-refractivity contribution in [2.75, 3.05) is 13.1 Å². The summed E-state index contributed by atoms with van der Waals surface area (Å²) in [5, 5.41) is 13.1. The third-order valence-electron chi connectivity index (χ3n) is 2.02. The van der Waals surface area contributed by atoms with Gasteiger partial charge >= 0.3 is 6.09 Å². The lowest BCUT2D eigenvalue weighted by Crippen LogP contribution is -2.33. The smallest absolute Gasteiger partial charge is 0.404 e. The van der Waals surface area contributed by atoms with Crippen molar-refractivity contribution in [1.29, 1.82) is 0 Å². The number of carbonyl (C=O) groups is 2. The molecule has 1 aromatic rings. The van der Waals surface area contributed by atoms with Crippen LogP contribution in [0.4, 0.5) is 4.79 Å². The summed E-state index contributed by atoms with van der Waals surface area (Å²) < 4.78 is 1.06. The zero-order valence-corrected chi connectivity index (χ0v) is 11.7. The molecule has 0 saturated heterocycles. The number of carboxylic acid groups (broad SMARTS) is 1. The van der Waals surface area contributed by atoms with Crippen molar-refractivity contribution in [3.63, 3.8) is 0 Å². The van der Waals surface area contributed by atoms with Gasteiger partial charge in [-0.2, -0.15) is 0 Å². The molecule has 0 spiro atoms. The Kier molecular flexibility index (Phi) is 6.20. The maximum absolute atomic E-state index is 11.4. The summed E-state index contributed by atoms with van der Waals surface area (Å²) in [6.07, 6.45) is 2.05. The molecular weight excluding hydrogens is 347 g/mol. The van der Waals surface area contributed by atoms with E-state index >= 15 is 0 Å². The first-order valence-corrected chi connectivity index (χ1v) is 6.34. The van der Waals surface area contributed by atoms with Crippen molar-refractivity contribution in [3.8, 4) is 0 Å². The second-order valence-electron chi connectivity index (χ2n) is 3.38. The lowest BCUT2D eigenvalue weighted by atomic mass is 10.2. The first kappa shape index (κ1) is 14.5. The fraction of sp³-hybridized carbons (Fsp3) is 0.167. The van der Waals surface area contributed by atoms with Crippen LogP contribution in [0.5, 0.6) is 0 Å². The first-order chi connectivity index (χ1) is 8.59. The van der Waals surface area contributed by atoms with Crippen molar-refractivity contribution >= 4 is 40.7 Å². The fourth-order valence-corrected chi connectivity index (χ4v) is 1.76. The lowest BCUT2D eigenvalue weighted by Gasteiger charge is -2.02. The minimum atomic E-state index is -1.10. The Morgan fingerprint density at radius 2 is 1.89 bits per heavy atom. The van der Waals surface area contributed by atoms with Crippen LogP contribution in [0.15, 0.2) is 30.3 Å². The van der Waals surface area contributed by atoms with Gasteiger partial charge in [-0.05, 0) is 40.3 Å². The standard InChI is InChI=1S/C12H13IN2O3/c13-10-4-2-1-3-9(10)5-6-11(16)14-7-8-15-12(17)18/h1-6,15H,7-8H2,(H,14,16)(H,17,18)/b6-5+. The van der Waals surface area contributed by atoms with Crippen molar-refractivity contribution in [1.82, 2.24) is 10.6 Å². The van der Waals surface area contributed by atoms with E-state index in [0.29, 0.717) is 0 Å². The maximum Gasteiger partial charge on any atom is 0.404 e. The lowest BCUT2D eigenvalue weighted by molar-refractivity contribution is -0.116. The van der Waals surface area contributed by atoms with Crippen molar-refractivity contribution < 1.29 is 14.7 Å². The Bertz CT molecular complexity index is 460. The quantitative estimate of drug-likeness (QED) is 0.425. The molecule has 3 N–H and O–H groups in total. The van der Waals surface area contributed by atoms with Gasteiger partial charge in [-0.15, -0.1) is 0 Å². The summed E-state index contributed by atoms with van der Waals surface area (Å²) in [5.41, 5.74) is 0.969. The van der Waals surface area contributed by atoms with E-state index in [2.05, 4.69) is 33.2 Å². The maximum atomic E-state index is 11.4. The second kappa shape index (κ2) is 7.70. The van der Waals surface area contributed by atoms with Gasteiger partial charge in [0.25, 0.3) is 0 Å². The topological polar surface area (TPSA) is 78.4 Å². The molecule has 96 valence electrons. The molecule has 1 rings (SSSR count). The summed E-state index contributed by atoms with van der Waals surface area (Å²) in [6, 6.07) is 7.69. The molecule has 18 heavy (non-hydrogen) atoms. The number of amides is 2. The van der Waals surface area contributed by atoms with Crippen LogP contribution < -0.4 is 10.6 Å². The largest absolute Gasteiger partial charge is 0.465 e. The van der Waals surface area contributed by atoms with E-state index in [1.807, 2.05) is 24.3 Å². The average molecular weight is 360 g/mol.